The van der Waals surface area contributed by atoms with Crippen LogP contribution in [-0.4, -0.2) is 30.6 Å². The summed E-state index contributed by atoms with van der Waals surface area (Å²) in [6.45, 7) is 8.45. The quantitative estimate of drug-likeness (QED) is 0.595. The standard InChI is InChI=1S/C16H29N3O/c1-7-16(4,19(5)6)15(18-17)13-8-10-14(11-9-13)20-12(2)3/h8-12,15,18H,7,17H2,1-6H3. The highest BCUT2D eigenvalue weighted by Crippen LogP contribution is 2.32. The highest BCUT2D eigenvalue weighted by molar-refractivity contribution is 5.31. The summed E-state index contributed by atoms with van der Waals surface area (Å²) >= 11 is 0. The zero-order chi connectivity index (χ0) is 15.3. The third kappa shape index (κ3) is 3.72. The van der Waals surface area contributed by atoms with Gasteiger partial charge in [-0.3, -0.25) is 11.3 Å². The molecule has 4 nitrogen and oxygen atoms in total. The lowest BCUT2D eigenvalue weighted by molar-refractivity contribution is 0.113. The fourth-order valence-electron chi connectivity index (χ4n) is 2.42. The lowest BCUT2D eigenvalue weighted by atomic mass is 9.84. The first-order valence-corrected chi connectivity index (χ1v) is 7.25. The second-order valence-electron chi connectivity index (χ2n) is 5.94. The first-order valence-electron chi connectivity index (χ1n) is 7.25. The fourth-order valence-corrected chi connectivity index (χ4v) is 2.42. The maximum atomic E-state index is 5.82. The summed E-state index contributed by atoms with van der Waals surface area (Å²) in [5.41, 5.74) is 4.09. The van der Waals surface area contributed by atoms with Gasteiger partial charge in [0, 0.05) is 5.54 Å². The van der Waals surface area contributed by atoms with Gasteiger partial charge in [-0.05, 0) is 59.0 Å². The lowest BCUT2D eigenvalue weighted by Gasteiger charge is -2.42. The Kier molecular flexibility index (Phi) is 5.99. The smallest absolute Gasteiger partial charge is 0.119 e. The van der Waals surface area contributed by atoms with E-state index >= 15 is 0 Å². The maximum Gasteiger partial charge on any atom is 0.119 e. The van der Waals surface area contributed by atoms with E-state index in [1.54, 1.807) is 0 Å². The van der Waals surface area contributed by atoms with Crippen molar-refractivity contribution in [1.29, 1.82) is 0 Å². The van der Waals surface area contributed by atoms with Crippen LogP contribution in [0.4, 0.5) is 0 Å². The van der Waals surface area contributed by atoms with Crippen LogP contribution in [0.3, 0.4) is 0 Å². The van der Waals surface area contributed by atoms with Crippen LogP contribution in [0, 0.1) is 0 Å². The van der Waals surface area contributed by atoms with E-state index in [0.29, 0.717) is 0 Å². The van der Waals surface area contributed by atoms with E-state index in [9.17, 15) is 0 Å². The average molecular weight is 279 g/mol. The van der Waals surface area contributed by atoms with Crippen LogP contribution in [0.5, 0.6) is 5.75 Å². The molecule has 0 saturated heterocycles. The third-order valence-corrected chi connectivity index (χ3v) is 4.11. The molecule has 20 heavy (non-hydrogen) atoms. The molecular formula is C16H29N3O. The van der Waals surface area contributed by atoms with Gasteiger partial charge in [0.1, 0.15) is 5.75 Å². The van der Waals surface area contributed by atoms with Crippen molar-refractivity contribution in [1.82, 2.24) is 10.3 Å². The SMILES string of the molecule is CCC(C)(C(NN)c1ccc(OC(C)C)cc1)N(C)C. The van der Waals surface area contributed by atoms with Gasteiger partial charge in [-0.15, -0.1) is 0 Å². The van der Waals surface area contributed by atoms with E-state index in [1.165, 1.54) is 5.56 Å². The van der Waals surface area contributed by atoms with Crippen molar-refractivity contribution < 1.29 is 4.74 Å². The van der Waals surface area contributed by atoms with Crippen molar-refractivity contribution in [2.75, 3.05) is 14.1 Å². The zero-order valence-corrected chi connectivity index (χ0v) is 13.6. The van der Waals surface area contributed by atoms with Gasteiger partial charge >= 0.3 is 0 Å². The van der Waals surface area contributed by atoms with Crippen molar-refractivity contribution in [3.05, 3.63) is 29.8 Å². The predicted molar refractivity (Wildman–Crippen MR) is 84.7 cm³/mol. The first kappa shape index (κ1) is 17.0. The van der Waals surface area contributed by atoms with Gasteiger partial charge in [0.05, 0.1) is 12.1 Å². The molecule has 1 aromatic rings. The van der Waals surface area contributed by atoms with Gasteiger partial charge < -0.3 is 9.64 Å². The van der Waals surface area contributed by atoms with Crippen LogP contribution < -0.4 is 16.0 Å². The zero-order valence-electron chi connectivity index (χ0n) is 13.6. The molecule has 4 heteroatoms. The molecule has 2 unspecified atom stereocenters. The number of hydrogen-bond acceptors (Lipinski definition) is 4. The van der Waals surface area contributed by atoms with E-state index in [4.69, 9.17) is 10.6 Å². The third-order valence-electron chi connectivity index (χ3n) is 4.11. The van der Waals surface area contributed by atoms with Crippen LogP contribution in [0.1, 0.15) is 45.7 Å². The summed E-state index contributed by atoms with van der Waals surface area (Å²) in [5, 5.41) is 0. The van der Waals surface area contributed by atoms with Crippen molar-refractivity contribution in [3.8, 4) is 5.75 Å². The Hall–Kier alpha value is -1.10. The number of likely N-dealkylation sites (N-methyl/N-ethyl adjacent to an activating group) is 1. The van der Waals surface area contributed by atoms with Gasteiger partial charge in [-0.2, -0.15) is 0 Å². The van der Waals surface area contributed by atoms with E-state index in [0.717, 1.165) is 12.2 Å². The van der Waals surface area contributed by atoms with Crippen LogP contribution in [-0.2, 0) is 0 Å². The second kappa shape index (κ2) is 7.07. The Morgan fingerprint density at radius 3 is 2.15 bits per heavy atom. The number of ether oxygens (including phenoxy) is 1. The lowest BCUT2D eigenvalue weighted by Crippen LogP contribution is -2.52. The van der Waals surface area contributed by atoms with Crippen molar-refractivity contribution in [3.63, 3.8) is 0 Å². The highest BCUT2D eigenvalue weighted by atomic mass is 16.5. The van der Waals surface area contributed by atoms with E-state index in [1.807, 2.05) is 26.0 Å². The van der Waals surface area contributed by atoms with Crippen LogP contribution in [0.15, 0.2) is 24.3 Å². The molecule has 1 rings (SSSR count). The molecular weight excluding hydrogens is 250 g/mol. The van der Waals surface area contributed by atoms with Crippen molar-refractivity contribution in [2.45, 2.75) is 51.8 Å². The molecule has 0 aliphatic heterocycles. The molecule has 2 atom stereocenters. The fraction of sp³-hybridized carbons (Fsp3) is 0.625. The summed E-state index contributed by atoms with van der Waals surface area (Å²) in [6.07, 6.45) is 1.19. The molecule has 3 N–H and O–H groups in total. The monoisotopic (exact) mass is 279 g/mol. The molecule has 0 heterocycles. The van der Waals surface area contributed by atoms with E-state index in [-0.39, 0.29) is 17.7 Å². The number of rotatable bonds is 7. The van der Waals surface area contributed by atoms with Crippen LogP contribution >= 0.6 is 0 Å². The topological polar surface area (TPSA) is 50.5 Å². The average Bonchev–Trinajstić information content (AvgIpc) is 2.40. The van der Waals surface area contributed by atoms with Gasteiger partial charge in [-0.25, -0.2) is 0 Å². The van der Waals surface area contributed by atoms with Gasteiger partial charge in [0.25, 0.3) is 0 Å². The summed E-state index contributed by atoms with van der Waals surface area (Å²) in [4.78, 5) is 2.22. The maximum absolute atomic E-state index is 5.82. The molecule has 0 aromatic heterocycles. The first-order chi connectivity index (χ1) is 9.35. The highest BCUT2D eigenvalue weighted by Gasteiger charge is 2.35. The molecule has 0 saturated carbocycles. The molecule has 1 aromatic carbocycles. The molecule has 114 valence electrons. The molecule has 0 aliphatic rings. The number of nitrogens with two attached hydrogens (primary N) is 1. The Balaban J connectivity index is 3.01. The Morgan fingerprint density at radius 1 is 1.25 bits per heavy atom. The number of benzene rings is 1. The van der Waals surface area contributed by atoms with Crippen molar-refractivity contribution in [2.24, 2.45) is 5.84 Å². The van der Waals surface area contributed by atoms with Crippen molar-refractivity contribution >= 4 is 0 Å². The van der Waals surface area contributed by atoms with Gasteiger partial charge in [-0.1, -0.05) is 19.1 Å². The summed E-state index contributed by atoms with van der Waals surface area (Å²) < 4.78 is 5.68. The Labute approximate surface area is 123 Å². The summed E-state index contributed by atoms with van der Waals surface area (Å²) in [5.74, 6) is 6.71. The summed E-state index contributed by atoms with van der Waals surface area (Å²) in [7, 11) is 4.17. The Morgan fingerprint density at radius 2 is 1.80 bits per heavy atom. The molecule has 0 spiro atoms. The number of hydrogen-bond donors (Lipinski definition) is 2. The van der Waals surface area contributed by atoms with E-state index in [2.05, 4.69) is 50.4 Å². The number of nitrogens with one attached hydrogen (secondary N) is 1. The predicted octanol–water partition coefficient (Wildman–Crippen LogP) is 2.71. The Bertz CT molecular complexity index is 403. The molecule has 0 radical (unpaired) electrons. The summed E-state index contributed by atoms with van der Waals surface area (Å²) in [6, 6.07) is 8.24. The van der Waals surface area contributed by atoms with Crippen LogP contribution in [0.25, 0.3) is 0 Å². The minimum Gasteiger partial charge on any atom is -0.491 e. The van der Waals surface area contributed by atoms with E-state index < -0.39 is 0 Å². The molecule has 0 amide bonds. The van der Waals surface area contributed by atoms with Gasteiger partial charge in [0.15, 0.2) is 0 Å². The normalized spacial score (nSPS) is 16.2. The number of hydrazine groups is 1. The minimum absolute atomic E-state index is 0.0465. The molecule has 0 bridgehead atoms. The van der Waals surface area contributed by atoms with Crippen LogP contribution in [0.2, 0.25) is 0 Å². The second-order valence-corrected chi connectivity index (χ2v) is 5.94. The molecule has 0 fully saturated rings. The van der Waals surface area contributed by atoms with Gasteiger partial charge in [0.2, 0.25) is 0 Å². The number of nitrogens with zero attached hydrogens (tertiary/aromatic N) is 1. The largest absolute Gasteiger partial charge is 0.491 e. The minimum atomic E-state index is -0.0465. The molecule has 0 aliphatic carbocycles.